The van der Waals surface area contributed by atoms with Crippen LogP contribution in [0.25, 0.3) is 0 Å². The number of thiocarbonyl (C=S) groups is 1. The van der Waals surface area contributed by atoms with Crippen LogP contribution < -0.4 is 15.4 Å². The van der Waals surface area contributed by atoms with Gasteiger partial charge < -0.3 is 10.1 Å². The molecule has 1 amide bonds. The molecule has 2 aromatic rings. The van der Waals surface area contributed by atoms with Crippen LogP contribution in [0.4, 0.5) is 5.69 Å². The van der Waals surface area contributed by atoms with E-state index in [1.807, 2.05) is 6.92 Å². The van der Waals surface area contributed by atoms with Gasteiger partial charge in [-0.2, -0.15) is 0 Å². The van der Waals surface area contributed by atoms with Gasteiger partial charge >= 0.3 is 0 Å². The maximum Gasteiger partial charge on any atom is 0.261 e. The lowest BCUT2D eigenvalue weighted by Gasteiger charge is -2.12. The van der Waals surface area contributed by atoms with Gasteiger partial charge in [-0.25, -0.2) is 4.98 Å². The number of aromatic nitrogens is 1. The number of pyridine rings is 1. The highest BCUT2D eigenvalue weighted by atomic mass is 79.9. The average Bonchev–Trinajstić information content (AvgIpc) is 2.51. The number of nitrogens with one attached hydrogen (secondary N) is 2. The average molecular weight is 415 g/mol. The number of amides is 1. The predicted octanol–water partition coefficient (Wildman–Crippen LogP) is 4.02. The van der Waals surface area contributed by atoms with E-state index in [9.17, 15) is 4.79 Å². The maximum atomic E-state index is 12.4. The normalized spacial score (nSPS) is 10.0. The minimum Gasteiger partial charge on any atom is -0.493 e. The Morgan fingerprint density at radius 1 is 1.39 bits per heavy atom. The van der Waals surface area contributed by atoms with Gasteiger partial charge in [0.2, 0.25) is 0 Å². The fourth-order valence-corrected chi connectivity index (χ4v) is 2.43. The van der Waals surface area contributed by atoms with Crippen LogP contribution >= 0.6 is 39.7 Å². The summed E-state index contributed by atoms with van der Waals surface area (Å²) >= 11 is 14.2. The highest BCUT2D eigenvalue weighted by molar-refractivity contribution is 9.10. The van der Waals surface area contributed by atoms with Gasteiger partial charge in [0.05, 0.1) is 24.1 Å². The second-order valence-corrected chi connectivity index (χ2v) is 6.06. The zero-order valence-corrected chi connectivity index (χ0v) is 15.3. The summed E-state index contributed by atoms with van der Waals surface area (Å²) < 4.78 is 6.23. The molecule has 1 heterocycles. The molecule has 0 saturated carbocycles. The molecule has 0 unspecified atom stereocenters. The van der Waals surface area contributed by atoms with Crippen molar-refractivity contribution in [2.45, 2.75) is 6.92 Å². The maximum absolute atomic E-state index is 12.4. The van der Waals surface area contributed by atoms with Gasteiger partial charge in [-0.3, -0.25) is 10.1 Å². The minimum atomic E-state index is -0.367. The van der Waals surface area contributed by atoms with Crippen molar-refractivity contribution in [3.63, 3.8) is 0 Å². The molecule has 0 spiro atoms. The molecule has 0 bridgehead atoms. The Morgan fingerprint density at radius 3 is 2.83 bits per heavy atom. The molecule has 1 aromatic carbocycles. The third-order valence-electron chi connectivity index (χ3n) is 2.70. The largest absolute Gasteiger partial charge is 0.493 e. The summed E-state index contributed by atoms with van der Waals surface area (Å²) in [6, 6.07) is 8.53. The van der Waals surface area contributed by atoms with Gasteiger partial charge in [0, 0.05) is 4.47 Å². The molecule has 0 radical (unpaired) electrons. The molecule has 1 aromatic heterocycles. The Bertz CT molecular complexity index is 725. The van der Waals surface area contributed by atoms with Crippen LogP contribution in [0.2, 0.25) is 5.15 Å². The molecule has 5 nitrogen and oxygen atoms in total. The number of hydrogen-bond acceptors (Lipinski definition) is 4. The summed E-state index contributed by atoms with van der Waals surface area (Å²) in [7, 11) is 0. The summed E-state index contributed by atoms with van der Waals surface area (Å²) in [5.74, 6) is 0.123. The highest BCUT2D eigenvalue weighted by Gasteiger charge is 2.14. The topological polar surface area (TPSA) is 63.2 Å². The van der Waals surface area contributed by atoms with E-state index in [1.165, 1.54) is 6.20 Å². The zero-order chi connectivity index (χ0) is 16.8. The van der Waals surface area contributed by atoms with E-state index < -0.39 is 0 Å². The van der Waals surface area contributed by atoms with Crippen molar-refractivity contribution < 1.29 is 9.53 Å². The number of carbonyl (C=O) groups is 1. The smallest absolute Gasteiger partial charge is 0.261 e. The van der Waals surface area contributed by atoms with E-state index in [1.54, 1.807) is 30.3 Å². The summed E-state index contributed by atoms with van der Waals surface area (Å²) in [4.78, 5) is 16.3. The Hall–Kier alpha value is -1.70. The summed E-state index contributed by atoms with van der Waals surface area (Å²) in [6.07, 6.45) is 1.52. The molecule has 0 aliphatic heterocycles. The SMILES string of the molecule is CCOc1ccc(Br)cc1C(=O)NC(=S)Nc1ccc(Cl)nc1. The standard InChI is InChI=1S/C15H13BrClN3O2S/c1-2-22-12-5-3-9(16)7-11(12)14(21)20-15(23)19-10-4-6-13(17)18-8-10/h3-8H,2H2,1H3,(H2,19,20,21,23). The molecule has 2 N–H and O–H groups in total. The lowest BCUT2D eigenvalue weighted by atomic mass is 10.2. The second-order valence-electron chi connectivity index (χ2n) is 4.35. The first kappa shape index (κ1) is 17.7. The van der Waals surface area contributed by atoms with E-state index in [-0.39, 0.29) is 11.0 Å². The van der Waals surface area contributed by atoms with Gasteiger partial charge in [-0.05, 0) is 49.5 Å². The van der Waals surface area contributed by atoms with E-state index in [0.29, 0.717) is 28.8 Å². The van der Waals surface area contributed by atoms with Crippen molar-refractivity contribution >= 4 is 56.5 Å². The van der Waals surface area contributed by atoms with Gasteiger partial charge in [0.25, 0.3) is 5.91 Å². The zero-order valence-electron chi connectivity index (χ0n) is 12.1. The molecule has 0 atom stereocenters. The van der Waals surface area contributed by atoms with Gasteiger partial charge in [0.15, 0.2) is 5.11 Å². The van der Waals surface area contributed by atoms with Crippen molar-refractivity contribution in [2.24, 2.45) is 0 Å². The minimum absolute atomic E-state index is 0.154. The summed E-state index contributed by atoms with van der Waals surface area (Å²) in [5.41, 5.74) is 1.01. The van der Waals surface area contributed by atoms with Crippen LogP contribution in [-0.4, -0.2) is 22.6 Å². The molecule has 23 heavy (non-hydrogen) atoms. The summed E-state index contributed by atoms with van der Waals surface area (Å²) in [6.45, 7) is 2.31. The molecule has 0 fully saturated rings. The highest BCUT2D eigenvalue weighted by Crippen LogP contribution is 2.23. The van der Waals surface area contributed by atoms with Gasteiger partial charge in [-0.1, -0.05) is 27.5 Å². The van der Waals surface area contributed by atoms with Crippen LogP contribution in [0.1, 0.15) is 17.3 Å². The molecule has 0 aliphatic rings. The molecule has 120 valence electrons. The number of hydrogen-bond donors (Lipinski definition) is 2. The van der Waals surface area contributed by atoms with Crippen molar-refractivity contribution in [1.29, 1.82) is 0 Å². The molecule has 0 aliphatic carbocycles. The Balaban J connectivity index is 2.07. The molecular weight excluding hydrogens is 402 g/mol. The monoisotopic (exact) mass is 413 g/mol. The van der Waals surface area contributed by atoms with Crippen LogP contribution in [0.3, 0.4) is 0 Å². The second kappa shape index (κ2) is 8.24. The van der Waals surface area contributed by atoms with Crippen LogP contribution in [0.5, 0.6) is 5.75 Å². The fourth-order valence-electron chi connectivity index (χ4n) is 1.74. The number of anilines is 1. The molecule has 8 heteroatoms. The van der Waals surface area contributed by atoms with Crippen LogP contribution in [0.15, 0.2) is 41.0 Å². The first-order chi connectivity index (χ1) is 11.0. The lowest BCUT2D eigenvalue weighted by molar-refractivity contribution is 0.0974. The first-order valence-electron chi connectivity index (χ1n) is 6.66. The van der Waals surface area contributed by atoms with E-state index in [4.69, 9.17) is 28.6 Å². The molecular formula is C15H13BrClN3O2S. The van der Waals surface area contributed by atoms with Crippen LogP contribution in [0, 0.1) is 0 Å². The number of benzene rings is 1. The van der Waals surface area contributed by atoms with E-state index in [0.717, 1.165) is 4.47 Å². The van der Waals surface area contributed by atoms with Gasteiger partial charge in [-0.15, -0.1) is 0 Å². The van der Waals surface area contributed by atoms with Crippen LogP contribution in [-0.2, 0) is 0 Å². The Morgan fingerprint density at radius 2 is 2.17 bits per heavy atom. The molecule has 0 saturated heterocycles. The quantitative estimate of drug-likeness (QED) is 0.584. The first-order valence-corrected chi connectivity index (χ1v) is 8.23. The fraction of sp³-hybridized carbons (Fsp3) is 0.133. The van der Waals surface area contributed by atoms with Crippen molar-refractivity contribution in [3.8, 4) is 5.75 Å². The number of ether oxygens (including phenoxy) is 1. The number of rotatable bonds is 4. The molecule has 2 rings (SSSR count). The third kappa shape index (κ3) is 5.16. The van der Waals surface area contributed by atoms with Crippen molar-refractivity contribution in [1.82, 2.24) is 10.3 Å². The lowest BCUT2D eigenvalue weighted by Crippen LogP contribution is -2.34. The van der Waals surface area contributed by atoms with Crippen molar-refractivity contribution in [3.05, 3.63) is 51.7 Å². The number of carbonyl (C=O) groups excluding carboxylic acids is 1. The Kier molecular flexibility index (Phi) is 6.32. The predicted molar refractivity (Wildman–Crippen MR) is 98.2 cm³/mol. The number of halogens is 2. The number of nitrogens with zero attached hydrogens (tertiary/aromatic N) is 1. The van der Waals surface area contributed by atoms with E-state index in [2.05, 4.69) is 31.5 Å². The third-order valence-corrected chi connectivity index (χ3v) is 3.62. The van der Waals surface area contributed by atoms with Gasteiger partial charge in [0.1, 0.15) is 10.9 Å². The van der Waals surface area contributed by atoms with E-state index >= 15 is 0 Å². The Labute approximate surface area is 152 Å². The summed E-state index contributed by atoms with van der Waals surface area (Å²) in [5, 5.41) is 6.00. The van der Waals surface area contributed by atoms with Crippen molar-refractivity contribution in [2.75, 3.05) is 11.9 Å².